The number of sulfonamides is 1. The Bertz CT molecular complexity index is 956. The highest BCUT2D eigenvalue weighted by atomic mass is 32.2. The predicted molar refractivity (Wildman–Crippen MR) is 127 cm³/mol. The third kappa shape index (κ3) is 5.43. The molecule has 33 heavy (non-hydrogen) atoms. The van der Waals surface area contributed by atoms with Gasteiger partial charge in [0.25, 0.3) is 5.91 Å². The molecule has 0 spiro atoms. The van der Waals surface area contributed by atoms with Gasteiger partial charge in [0.15, 0.2) is 0 Å². The topological polar surface area (TPSA) is 78.0 Å². The van der Waals surface area contributed by atoms with Gasteiger partial charge in [0, 0.05) is 50.7 Å². The number of aryl methyl sites for hydroxylation is 1. The van der Waals surface area contributed by atoms with Crippen LogP contribution < -0.4 is 0 Å². The molecule has 7 nitrogen and oxygen atoms in total. The van der Waals surface area contributed by atoms with Crippen LogP contribution in [0.5, 0.6) is 0 Å². The zero-order valence-electron chi connectivity index (χ0n) is 19.8. The van der Waals surface area contributed by atoms with Crippen LogP contribution >= 0.6 is 0 Å². The molecule has 0 unspecified atom stereocenters. The Balaban J connectivity index is 1.41. The lowest BCUT2D eigenvalue weighted by atomic mass is 9.94. The predicted octanol–water partition coefficient (Wildman–Crippen LogP) is 3.42. The first-order chi connectivity index (χ1) is 15.9. The van der Waals surface area contributed by atoms with Crippen molar-refractivity contribution in [3.05, 3.63) is 29.3 Å². The van der Waals surface area contributed by atoms with Crippen LogP contribution in [0.1, 0.15) is 73.7 Å². The first-order valence-electron chi connectivity index (χ1n) is 12.6. The third-order valence-corrected chi connectivity index (χ3v) is 9.46. The number of nitrogens with zero attached hydrogens (tertiary/aromatic N) is 3. The van der Waals surface area contributed by atoms with Crippen LogP contribution in [-0.4, -0.2) is 73.6 Å². The second-order valence-corrected chi connectivity index (χ2v) is 11.7. The number of amides is 2. The van der Waals surface area contributed by atoms with Crippen molar-refractivity contribution >= 4 is 21.8 Å². The molecular formula is C25H37N3O4S. The quantitative estimate of drug-likeness (QED) is 0.669. The van der Waals surface area contributed by atoms with Crippen molar-refractivity contribution in [2.24, 2.45) is 5.92 Å². The fraction of sp³-hybridized carbons (Fsp3) is 0.680. The lowest BCUT2D eigenvalue weighted by Crippen LogP contribution is -2.44. The molecule has 2 amide bonds. The molecule has 0 bridgehead atoms. The van der Waals surface area contributed by atoms with Crippen molar-refractivity contribution < 1.29 is 18.0 Å². The van der Waals surface area contributed by atoms with E-state index in [1.165, 1.54) is 12.8 Å². The van der Waals surface area contributed by atoms with Crippen molar-refractivity contribution in [1.82, 2.24) is 14.1 Å². The van der Waals surface area contributed by atoms with Crippen molar-refractivity contribution in [3.63, 3.8) is 0 Å². The molecule has 1 aromatic carbocycles. The van der Waals surface area contributed by atoms with Crippen LogP contribution in [0.4, 0.5) is 0 Å². The highest BCUT2D eigenvalue weighted by molar-refractivity contribution is 7.89. The van der Waals surface area contributed by atoms with Gasteiger partial charge < -0.3 is 9.80 Å². The summed E-state index contributed by atoms with van der Waals surface area (Å²) in [6.07, 6.45) is 8.71. The SMILES string of the molecule is Cc1ccc(C(=O)N2CCC(C(=O)N3CCCCCC3)CC2)cc1S(=O)(=O)N1CCCCC1. The minimum atomic E-state index is -3.60. The number of likely N-dealkylation sites (tertiary alicyclic amines) is 2. The monoisotopic (exact) mass is 475 g/mol. The van der Waals surface area contributed by atoms with Gasteiger partial charge in [-0.05, 0) is 63.1 Å². The Morgan fingerprint density at radius 1 is 0.788 bits per heavy atom. The number of carbonyl (C=O) groups is 2. The highest BCUT2D eigenvalue weighted by Gasteiger charge is 2.32. The summed E-state index contributed by atoms with van der Waals surface area (Å²) in [5.41, 5.74) is 1.08. The Labute approximate surface area is 198 Å². The lowest BCUT2D eigenvalue weighted by Gasteiger charge is -2.34. The first-order valence-corrected chi connectivity index (χ1v) is 14.0. The maximum atomic E-state index is 13.2. The van der Waals surface area contributed by atoms with Gasteiger partial charge in [-0.15, -0.1) is 0 Å². The van der Waals surface area contributed by atoms with Gasteiger partial charge in [-0.25, -0.2) is 8.42 Å². The molecule has 8 heteroatoms. The van der Waals surface area contributed by atoms with Crippen LogP contribution in [0.25, 0.3) is 0 Å². The summed E-state index contributed by atoms with van der Waals surface area (Å²) >= 11 is 0. The van der Waals surface area contributed by atoms with Crippen LogP contribution in [0.2, 0.25) is 0 Å². The molecule has 4 rings (SSSR count). The van der Waals surface area contributed by atoms with E-state index in [1.807, 2.05) is 4.90 Å². The Kier molecular flexibility index (Phi) is 7.74. The summed E-state index contributed by atoms with van der Waals surface area (Å²) < 4.78 is 28.0. The summed E-state index contributed by atoms with van der Waals surface area (Å²) in [5, 5.41) is 0. The van der Waals surface area contributed by atoms with E-state index in [9.17, 15) is 18.0 Å². The van der Waals surface area contributed by atoms with E-state index in [0.29, 0.717) is 50.1 Å². The minimum absolute atomic E-state index is 0.0137. The molecule has 3 fully saturated rings. The van der Waals surface area contributed by atoms with Crippen molar-refractivity contribution in [1.29, 1.82) is 0 Å². The van der Waals surface area contributed by atoms with E-state index in [0.717, 1.165) is 45.2 Å². The third-order valence-electron chi connectivity index (χ3n) is 7.42. The smallest absolute Gasteiger partial charge is 0.253 e. The lowest BCUT2D eigenvalue weighted by molar-refractivity contribution is -0.136. The molecule has 3 aliphatic heterocycles. The summed E-state index contributed by atoms with van der Waals surface area (Å²) in [4.78, 5) is 30.2. The van der Waals surface area contributed by atoms with Crippen LogP contribution in [-0.2, 0) is 14.8 Å². The van der Waals surface area contributed by atoms with Crippen LogP contribution in [0, 0.1) is 12.8 Å². The van der Waals surface area contributed by atoms with E-state index in [1.54, 1.807) is 34.3 Å². The van der Waals surface area contributed by atoms with Crippen molar-refractivity contribution in [2.75, 3.05) is 39.3 Å². The van der Waals surface area contributed by atoms with E-state index >= 15 is 0 Å². The molecule has 0 aliphatic carbocycles. The highest BCUT2D eigenvalue weighted by Crippen LogP contribution is 2.27. The van der Waals surface area contributed by atoms with Gasteiger partial charge in [-0.1, -0.05) is 25.3 Å². The Morgan fingerprint density at radius 2 is 1.36 bits per heavy atom. The van der Waals surface area contributed by atoms with Crippen molar-refractivity contribution in [3.8, 4) is 0 Å². The van der Waals surface area contributed by atoms with E-state index in [4.69, 9.17) is 0 Å². The Morgan fingerprint density at radius 3 is 2.00 bits per heavy atom. The van der Waals surface area contributed by atoms with Gasteiger partial charge in [0.2, 0.25) is 15.9 Å². The number of carbonyl (C=O) groups excluding carboxylic acids is 2. The first kappa shape index (κ1) is 24.2. The van der Waals surface area contributed by atoms with Crippen LogP contribution in [0.15, 0.2) is 23.1 Å². The molecule has 1 aromatic rings. The fourth-order valence-electron chi connectivity index (χ4n) is 5.32. The summed E-state index contributed by atoms with van der Waals surface area (Å²) in [6, 6.07) is 5.01. The average Bonchev–Trinajstić information content (AvgIpc) is 3.14. The maximum Gasteiger partial charge on any atom is 0.253 e. The zero-order chi connectivity index (χ0) is 23.4. The summed E-state index contributed by atoms with van der Waals surface area (Å²) in [5.74, 6) is 0.0835. The molecule has 0 atom stereocenters. The van der Waals surface area contributed by atoms with Crippen molar-refractivity contribution in [2.45, 2.75) is 69.6 Å². The largest absolute Gasteiger partial charge is 0.342 e. The normalized spacial score (nSPS) is 21.6. The molecule has 0 saturated carbocycles. The maximum absolute atomic E-state index is 13.2. The standard InChI is InChI=1S/C25H37N3O4S/c1-20-9-10-22(19-23(20)33(31,32)28-15-7-4-8-16-28)25(30)27-17-11-21(12-18-27)24(29)26-13-5-2-3-6-14-26/h9-10,19,21H,2-8,11-18H2,1H3. The molecule has 3 saturated heterocycles. The molecular weight excluding hydrogens is 438 g/mol. The van der Waals surface area contributed by atoms with E-state index in [2.05, 4.69) is 0 Å². The molecule has 182 valence electrons. The van der Waals surface area contributed by atoms with E-state index in [-0.39, 0.29) is 22.6 Å². The molecule has 0 radical (unpaired) electrons. The number of hydrogen-bond donors (Lipinski definition) is 0. The van der Waals surface area contributed by atoms with Gasteiger partial charge in [-0.3, -0.25) is 9.59 Å². The molecule has 0 aromatic heterocycles. The fourth-order valence-corrected chi connectivity index (χ4v) is 7.08. The van der Waals surface area contributed by atoms with Crippen LogP contribution in [0.3, 0.4) is 0 Å². The average molecular weight is 476 g/mol. The van der Waals surface area contributed by atoms with Gasteiger partial charge >= 0.3 is 0 Å². The number of hydrogen-bond acceptors (Lipinski definition) is 4. The van der Waals surface area contributed by atoms with E-state index < -0.39 is 10.0 Å². The second-order valence-electron chi connectivity index (χ2n) is 9.75. The molecule has 0 N–H and O–H groups in total. The summed E-state index contributed by atoms with van der Waals surface area (Å²) in [6.45, 7) is 5.64. The van der Waals surface area contributed by atoms with Gasteiger partial charge in [0.1, 0.15) is 0 Å². The zero-order valence-corrected chi connectivity index (χ0v) is 20.6. The molecule has 3 aliphatic rings. The summed E-state index contributed by atoms with van der Waals surface area (Å²) in [7, 11) is -3.60. The molecule has 3 heterocycles. The second kappa shape index (κ2) is 10.6. The number of rotatable bonds is 4. The Hall–Kier alpha value is -1.93. The number of benzene rings is 1. The minimum Gasteiger partial charge on any atom is -0.342 e. The van der Waals surface area contributed by atoms with Gasteiger partial charge in [-0.2, -0.15) is 4.31 Å². The van der Waals surface area contributed by atoms with Gasteiger partial charge in [0.05, 0.1) is 4.90 Å². The number of piperidine rings is 2.